The molecule has 42 heavy (non-hydrogen) atoms. The average Bonchev–Trinajstić information content (AvgIpc) is 2.93. The van der Waals surface area contributed by atoms with Gasteiger partial charge in [0.15, 0.2) is 0 Å². The van der Waals surface area contributed by atoms with Crippen molar-refractivity contribution in [1.82, 2.24) is 21.3 Å². The van der Waals surface area contributed by atoms with Crippen molar-refractivity contribution in [2.24, 2.45) is 11.7 Å². The summed E-state index contributed by atoms with van der Waals surface area (Å²) in [4.78, 5) is 50.1. The molecule has 0 aliphatic carbocycles. The number of carboxylic acid groups (broad SMARTS) is 1. The second-order valence-electron chi connectivity index (χ2n) is 11.2. The van der Waals surface area contributed by atoms with Gasteiger partial charge in [0, 0.05) is 6.54 Å². The maximum absolute atomic E-state index is 13.4. The van der Waals surface area contributed by atoms with Crippen molar-refractivity contribution in [3.8, 4) is 5.75 Å². The third-order valence-electron chi connectivity index (χ3n) is 6.93. The molecule has 0 aromatic heterocycles. The minimum atomic E-state index is -1.10. The molecule has 1 fully saturated rings. The lowest BCUT2D eigenvalue weighted by molar-refractivity contribution is -0.143. The fraction of sp³-hybridized carbons (Fsp3) is 0.467. The zero-order valence-electron chi connectivity index (χ0n) is 24.0. The summed E-state index contributed by atoms with van der Waals surface area (Å²) in [6.45, 7) is 4.05. The fourth-order valence-electron chi connectivity index (χ4n) is 4.59. The predicted octanol–water partition coefficient (Wildman–Crippen LogP) is 0.0798. The van der Waals surface area contributed by atoms with Crippen LogP contribution in [-0.4, -0.2) is 83.9 Å². The highest BCUT2D eigenvalue weighted by Gasteiger charge is 2.42. The second-order valence-corrected chi connectivity index (χ2v) is 11.2. The number of amides is 3. The topological polar surface area (TPSA) is 192 Å². The molecule has 0 unspecified atom stereocenters. The number of phenols is 1. The molecule has 2 aromatic rings. The van der Waals surface area contributed by atoms with Crippen molar-refractivity contribution in [2.75, 3.05) is 26.3 Å². The van der Waals surface area contributed by atoms with Gasteiger partial charge in [-0.05, 0) is 48.4 Å². The highest BCUT2D eigenvalue weighted by atomic mass is 16.5. The van der Waals surface area contributed by atoms with Crippen LogP contribution in [0.5, 0.6) is 5.75 Å². The Hall–Kier alpha value is -4.00. The number of hydrogen-bond acceptors (Lipinski definition) is 8. The van der Waals surface area contributed by atoms with Gasteiger partial charge in [0.2, 0.25) is 17.7 Å². The number of carbonyl (C=O) groups is 4. The third kappa shape index (κ3) is 10.1. The number of carbonyl (C=O) groups excluding carboxylic acids is 3. The number of carboxylic acids is 1. The molecule has 0 radical (unpaired) electrons. The molecular weight excluding hydrogens is 542 g/mol. The van der Waals surface area contributed by atoms with E-state index in [1.165, 1.54) is 12.1 Å². The zero-order chi connectivity index (χ0) is 30.7. The molecule has 3 amide bonds. The molecule has 0 spiro atoms. The molecule has 1 saturated heterocycles. The van der Waals surface area contributed by atoms with Crippen LogP contribution in [0.4, 0.5) is 0 Å². The number of aromatic hydroxyl groups is 1. The van der Waals surface area contributed by atoms with Gasteiger partial charge in [-0.2, -0.15) is 0 Å². The third-order valence-corrected chi connectivity index (χ3v) is 6.93. The van der Waals surface area contributed by atoms with Crippen LogP contribution < -0.4 is 27.0 Å². The summed E-state index contributed by atoms with van der Waals surface area (Å²) in [6.07, 6.45) is 0.821. The summed E-state index contributed by atoms with van der Waals surface area (Å²) < 4.78 is 5.43. The van der Waals surface area contributed by atoms with E-state index in [0.29, 0.717) is 6.42 Å². The molecular formula is C30H41N5O7. The molecule has 1 heterocycles. The van der Waals surface area contributed by atoms with E-state index >= 15 is 0 Å². The number of nitrogens with one attached hydrogen (secondary N) is 4. The fourth-order valence-corrected chi connectivity index (χ4v) is 4.59. The molecule has 1 aliphatic rings. The monoisotopic (exact) mass is 583 g/mol. The van der Waals surface area contributed by atoms with Crippen molar-refractivity contribution in [3.05, 3.63) is 65.7 Å². The first kappa shape index (κ1) is 32.5. The van der Waals surface area contributed by atoms with Crippen molar-refractivity contribution < 1.29 is 34.1 Å². The minimum Gasteiger partial charge on any atom is -0.508 e. The SMILES string of the molecule is CC(C)C[C@H](NC(=O)[C@H](Cc1ccccc1)NC1(CNC(=O)CNC(=O)[C@@H](N)Cc2ccc(O)cc2)COC1)C(=O)O. The van der Waals surface area contributed by atoms with Crippen LogP contribution in [-0.2, 0) is 36.8 Å². The largest absolute Gasteiger partial charge is 0.508 e. The Morgan fingerprint density at radius 2 is 1.55 bits per heavy atom. The van der Waals surface area contributed by atoms with Crippen molar-refractivity contribution >= 4 is 23.7 Å². The summed E-state index contributed by atoms with van der Waals surface area (Å²) in [5, 5.41) is 30.3. The maximum atomic E-state index is 13.4. The molecule has 0 bridgehead atoms. The maximum Gasteiger partial charge on any atom is 0.326 e. The Balaban J connectivity index is 1.57. The summed E-state index contributed by atoms with van der Waals surface area (Å²) in [7, 11) is 0. The molecule has 228 valence electrons. The first-order chi connectivity index (χ1) is 20.0. The summed E-state index contributed by atoms with van der Waals surface area (Å²) in [6, 6.07) is 13.0. The van der Waals surface area contributed by atoms with Crippen molar-refractivity contribution in [3.63, 3.8) is 0 Å². The molecule has 2 aromatic carbocycles. The van der Waals surface area contributed by atoms with Crippen LogP contribution in [0, 0.1) is 5.92 Å². The number of phenolic OH excluding ortho intramolecular Hbond substituents is 1. The molecule has 12 nitrogen and oxygen atoms in total. The number of ether oxygens (including phenoxy) is 1. The Morgan fingerprint density at radius 3 is 2.12 bits per heavy atom. The summed E-state index contributed by atoms with van der Waals surface area (Å²) in [5.41, 5.74) is 6.86. The molecule has 0 saturated carbocycles. The Kier molecular flexibility index (Phi) is 11.8. The summed E-state index contributed by atoms with van der Waals surface area (Å²) >= 11 is 0. The van der Waals surface area contributed by atoms with Crippen LogP contribution in [0.25, 0.3) is 0 Å². The molecule has 1 aliphatic heterocycles. The van der Waals surface area contributed by atoms with Gasteiger partial charge in [-0.15, -0.1) is 0 Å². The van der Waals surface area contributed by atoms with E-state index in [-0.39, 0.29) is 50.8 Å². The van der Waals surface area contributed by atoms with E-state index in [1.807, 2.05) is 44.2 Å². The van der Waals surface area contributed by atoms with E-state index in [0.717, 1.165) is 11.1 Å². The Morgan fingerprint density at radius 1 is 0.905 bits per heavy atom. The normalized spacial score (nSPS) is 16.0. The van der Waals surface area contributed by atoms with E-state index in [1.54, 1.807) is 12.1 Å². The van der Waals surface area contributed by atoms with E-state index in [4.69, 9.17) is 10.5 Å². The van der Waals surface area contributed by atoms with E-state index < -0.39 is 47.4 Å². The lowest BCUT2D eigenvalue weighted by atomic mass is 9.93. The quantitative estimate of drug-likeness (QED) is 0.143. The lowest BCUT2D eigenvalue weighted by Crippen LogP contribution is -2.70. The van der Waals surface area contributed by atoms with Gasteiger partial charge in [0.05, 0.1) is 37.4 Å². The lowest BCUT2D eigenvalue weighted by Gasteiger charge is -2.44. The minimum absolute atomic E-state index is 0.0661. The molecule has 3 rings (SSSR count). The molecule has 12 heteroatoms. The van der Waals surface area contributed by atoms with E-state index in [2.05, 4.69) is 21.3 Å². The van der Waals surface area contributed by atoms with Crippen LogP contribution in [0.3, 0.4) is 0 Å². The zero-order valence-corrected chi connectivity index (χ0v) is 24.0. The van der Waals surface area contributed by atoms with Gasteiger partial charge in [0.1, 0.15) is 11.8 Å². The smallest absolute Gasteiger partial charge is 0.326 e. The highest BCUT2D eigenvalue weighted by molar-refractivity contribution is 5.88. The number of nitrogens with two attached hydrogens (primary N) is 1. The van der Waals surface area contributed by atoms with Gasteiger partial charge < -0.3 is 36.6 Å². The molecule has 8 N–H and O–H groups in total. The van der Waals surface area contributed by atoms with Gasteiger partial charge in [-0.25, -0.2) is 4.79 Å². The van der Waals surface area contributed by atoms with Gasteiger partial charge >= 0.3 is 5.97 Å². The van der Waals surface area contributed by atoms with Gasteiger partial charge in [-0.1, -0.05) is 56.3 Å². The number of rotatable bonds is 16. The Bertz CT molecular complexity index is 1200. The molecule has 3 atom stereocenters. The first-order valence-electron chi connectivity index (χ1n) is 14.0. The van der Waals surface area contributed by atoms with Crippen LogP contribution in [0.15, 0.2) is 54.6 Å². The van der Waals surface area contributed by atoms with Crippen molar-refractivity contribution in [1.29, 1.82) is 0 Å². The Labute approximate surface area is 245 Å². The van der Waals surface area contributed by atoms with Gasteiger partial charge in [-0.3, -0.25) is 19.7 Å². The standard InChI is InChI=1S/C30H41N5O7/c1-19(2)12-25(29(40)41)34-28(39)24(14-20-6-4-3-5-7-20)35-30(17-42-18-30)16-33-26(37)15-32-27(38)23(31)13-21-8-10-22(36)11-9-21/h3-11,19,23-25,35-36H,12-18,31H2,1-2H3,(H,32,38)(H,33,37)(H,34,39)(H,40,41)/t23-,24-,25-/m0/s1. The number of benzene rings is 2. The first-order valence-corrected chi connectivity index (χ1v) is 14.0. The van der Waals surface area contributed by atoms with Crippen molar-refractivity contribution in [2.45, 2.75) is 56.8 Å². The number of aliphatic carboxylic acids is 1. The van der Waals surface area contributed by atoms with Gasteiger partial charge in [0.25, 0.3) is 0 Å². The predicted molar refractivity (Wildman–Crippen MR) is 155 cm³/mol. The van der Waals surface area contributed by atoms with Crippen LogP contribution in [0.1, 0.15) is 31.4 Å². The average molecular weight is 584 g/mol. The number of hydrogen-bond donors (Lipinski definition) is 7. The highest BCUT2D eigenvalue weighted by Crippen LogP contribution is 2.19. The van der Waals surface area contributed by atoms with Crippen LogP contribution >= 0.6 is 0 Å². The van der Waals surface area contributed by atoms with Crippen LogP contribution in [0.2, 0.25) is 0 Å². The second kappa shape index (κ2) is 15.3. The summed E-state index contributed by atoms with van der Waals surface area (Å²) in [5.74, 6) is -2.32. The van der Waals surface area contributed by atoms with E-state index in [9.17, 15) is 29.4 Å².